The van der Waals surface area contributed by atoms with Crippen LogP contribution in [0.5, 0.6) is 0 Å². The Morgan fingerprint density at radius 2 is 1.78 bits per heavy atom. The van der Waals surface area contributed by atoms with E-state index in [1.165, 1.54) is 11.1 Å². The van der Waals surface area contributed by atoms with Crippen molar-refractivity contribution in [2.24, 2.45) is 0 Å². The van der Waals surface area contributed by atoms with Crippen molar-refractivity contribution >= 4 is 5.65 Å². The molecule has 3 heteroatoms. The number of aliphatic hydroxyl groups is 1. The van der Waals surface area contributed by atoms with Gasteiger partial charge in [0, 0.05) is 12.6 Å². The number of benzene rings is 1. The molecule has 0 saturated carbocycles. The third kappa shape index (κ3) is 3.02. The van der Waals surface area contributed by atoms with Crippen LogP contribution >= 0.6 is 0 Å². The van der Waals surface area contributed by atoms with Crippen LogP contribution in [0.2, 0.25) is 0 Å². The Labute approximate surface area is 137 Å². The summed E-state index contributed by atoms with van der Waals surface area (Å²) in [5, 5.41) is 10.5. The average Bonchev–Trinajstić information content (AvgIpc) is 2.94. The molecule has 0 spiro atoms. The number of imidazole rings is 1. The lowest BCUT2D eigenvalue weighted by Crippen LogP contribution is -2.04. The Morgan fingerprint density at radius 3 is 2.43 bits per heavy atom. The molecule has 2 heterocycles. The maximum Gasteiger partial charge on any atom is 0.140 e. The minimum atomic E-state index is -0.489. The van der Waals surface area contributed by atoms with Crippen LogP contribution in [0.4, 0.5) is 0 Å². The van der Waals surface area contributed by atoms with Crippen molar-refractivity contribution in [2.75, 3.05) is 0 Å². The molecule has 3 aromatic rings. The molecule has 1 atom stereocenters. The molecular formula is C20H24N2O. The van der Waals surface area contributed by atoms with Crippen molar-refractivity contribution in [3.8, 4) is 0 Å². The number of rotatable bonds is 5. The lowest BCUT2D eigenvalue weighted by Gasteiger charge is -2.11. The van der Waals surface area contributed by atoms with E-state index in [0.29, 0.717) is 6.42 Å². The normalized spacial score (nSPS) is 12.7. The molecule has 2 aromatic heterocycles. The fourth-order valence-electron chi connectivity index (χ4n) is 3.03. The van der Waals surface area contributed by atoms with Crippen molar-refractivity contribution in [1.82, 2.24) is 9.38 Å². The maximum atomic E-state index is 10.5. The van der Waals surface area contributed by atoms with Crippen LogP contribution in [0.1, 0.15) is 54.5 Å². The molecular weight excluding hydrogens is 284 g/mol. The Morgan fingerprint density at radius 1 is 1.09 bits per heavy atom. The fraction of sp³-hybridized carbons (Fsp3) is 0.350. The van der Waals surface area contributed by atoms with Gasteiger partial charge in [0.15, 0.2) is 0 Å². The summed E-state index contributed by atoms with van der Waals surface area (Å²) in [5.41, 5.74) is 6.53. The van der Waals surface area contributed by atoms with Gasteiger partial charge in [0.25, 0.3) is 0 Å². The summed E-state index contributed by atoms with van der Waals surface area (Å²) < 4.78 is 2.04. The number of aryl methyl sites for hydroxylation is 2. The van der Waals surface area contributed by atoms with Crippen molar-refractivity contribution in [2.45, 2.75) is 46.1 Å². The molecule has 0 aliphatic heterocycles. The molecule has 0 saturated heterocycles. The van der Waals surface area contributed by atoms with Gasteiger partial charge in [0.2, 0.25) is 0 Å². The highest BCUT2D eigenvalue weighted by Gasteiger charge is 2.19. The second-order valence-electron chi connectivity index (χ2n) is 6.10. The van der Waals surface area contributed by atoms with E-state index in [-0.39, 0.29) is 0 Å². The van der Waals surface area contributed by atoms with Crippen molar-refractivity contribution in [1.29, 1.82) is 0 Å². The Hall–Kier alpha value is -2.13. The second kappa shape index (κ2) is 6.55. The summed E-state index contributed by atoms with van der Waals surface area (Å²) in [5.74, 6) is 0. The van der Waals surface area contributed by atoms with Gasteiger partial charge in [-0.3, -0.25) is 0 Å². The van der Waals surface area contributed by atoms with E-state index in [2.05, 4.69) is 44.2 Å². The van der Waals surface area contributed by atoms with Crippen molar-refractivity contribution < 1.29 is 5.11 Å². The van der Waals surface area contributed by atoms with Gasteiger partial charge in [-0.05, 0) is 42.5 Å². The highest BCUT2D eigenvalue weighted by Crippen LogP contribution is 2.26. The lowest BCUT2D eigenvalue weighted by molar-refractivity contribution is 0.167. The van der Waals surface area contributed by atoms with Crippen LogP contribution in [-0.2, 0) is 12.8 Å². The molecule has 0 aliphatic rings. The zero-order valence-electron chi connectivity index (χ0n) is 14.1. The standard InChI is InChI=1S/C20H24N2O/c1-4-15-8-10-16(11-9-15)13-17-19(18(23)5-2)22-12-6-7-14(3)20(22)21-17/h6-12,18,23H,4-5,13H2,1-3H3. The van der Waals surface area contributed by atoms with Gasteiger partial charge in [-0.25, -0.2) is 4.98 Å². The fourth-order valence-corrected chi connectivity index (χ4v) is 3.03. The zero-order valence-corrected chi connectivity index (χ0v) is 14.1. The zero-order chi connectivity index (χ0) is 16.4. The number of aliphatic hydroxyl groups excluding tert-OH is 1. The summed E-state index contributed by atoms with van der Waals surface area (Å²) in [7, 11) is 0. The van der Waals surface area contributed by atoms with E-state index in [9.17, 15) is 5.11 Å². The van der Waals surface area contributed by atoms with Crippen LogP contribution in [0.25, 0.3) is 5.65 Å². The first-order chi connectivity index (χ1) is 11.1. The second-order valence-corrected chi connectivity index (χ2v) is 6.10. The van der Waals surface area contributed by atoms with Gasteiger partial charge in [-0.2, -0.15) is 0 Å². The molecule has 1 aromatic carbocycles. The molecule has 1 N–H and O–H groups in total. The highest BCUT2D eigenvalue weighted by atomic mass is 16.3. The summed E-state index contributed by atoms with van der Waals surface area (Å²) in [4.78, 5) is 4.82. The predicted octanol–water partition coefficient (Wildman–Crippen LogP) is 4.24. The summed E-state index contributed by atoms with van der Waals surface area (Å²) in [6.45, 7) is 6.22. The first kappa shape index (κ1) is 15.8. The lowest BCUT2D eigenvalue weighted by atomic mass is 10.0. The van der Waals surface area contributed by atoms with E-state index < -0.39 is 6.10 Å². The predicted molar refractivity (Wildman–Crippen MR) is 93.8 cm³/mol. The third-order valence-corrected chi connectivity index (χ3v) is 4.46. The van der Waals surface area contributed by atoms with Crippen LogP contribution in [0.15, 0.2) is 42.6 Å². The summed E-state index contributed by atoms with van der Waals surface area (Å²) in [6.07, 6.45) is 3.98. The molecule has 0 aliphatic carbocycles. The van der Waals surface area contributed by atoms with Gasteiger partial charge in [-0.1, -0.05) is 44.2 Å². The van der Waals surface area contributed by atoms with Gasteiger partial charge >= 0.3 is 0 Å². The molecule has 0 amide bonds. The van der Waals surface area contributed by atoms with Crippen molar-refractivity contribution in [3.63, 3.8) is 0 Å². The molecule has 0 bridgehead atoms. The van der Waals surface area contributed by atoms with Crippen LogP contribution in [0.3, 0.4) is 0 Å². The van der Waals surface area contributed by atoms with E-state index in [0.717, 1.165) is 35.4 Å². The number of hydrogen-bond donors (Lipinski definition) is 1. The van der Waals surface area contributed by atoms with Crippen LogP contribution in [0, 0.1) is 6.92 Å². The molecule has 3 rings (SSSR count). The van der Waals surface area contributed by atoms with Gasteiger partial charge < -0.3 is 9.51 Å². The molecule has 3 nitrogen and oxygen atoms in total. The highest BCUT2D eigenvalue weighted by molar-refractivity contribution is 5.51. The van der Waals surface area contributed by atoms with Gasteiger partial charge in [0.05, 0.1) is 17.5 Å². The number of fused-ring (bicyclic) bond motifs is 1. The molecule has 0 fully saturated rings. The quantitative estimate of drug-likeness (QED) is 0.765. The number of pyridine rings is 1. The van der Waals surface area contributed by atoms with E-state index in [1.54, 1.807) is 0 Å². The van der Waals surface area contributed by atoms with E-state index in [4.69, 9.17) is 4.98 Å². The Kier molecular flexibility index (Phi) is 4.49. The van der Waals surface area contributed by atoms with E-state index >= 15 is 0 Å². The topological polar surface area (TPSA) is 37.5 Å². The minimum Gasteiger partial charge on any atom is -0.387 e. The SMILES string of the molecule is CCc1ccc(Cc2nc3c(C)cccn3c2C(O)CC)cc1. The smallest absolute Gasteiger partial charge is 0.140 e. The first-order valence-electron chi connectivity index (χ1n) is 8.36. The molecule has 0 radical (unpaired) electrons. The monoisotopic (exact) mass is 308 g/mol. The number of hydrogen-bond acceptors (Lipinski definition) is 2. The minimum absolute atomic E-state index is 0.489. The average molecular weight is 308 g/mol. The third-order valence-electron chi connectivity index (χ3n) is 4.46. The Bertz CT molecular complexity index is 802. The molecule has 23 heavy (non-hydrogen) atoms. The number of nitrogens with zero attached hydrogens (tertiary/aromatic N) is 2. The van der Waals surface area contributed by atoms with Gasteiger partial charge in [-0.15, -0.1) is 0 Å². The summed E-state index contributed by atoms with van der Waals surface area (Å²) >= 11 is 0. The van der Waals surface area contributed by atoms with Crippen molar-refractivity contribution in [3.05, 3.63) is 70.7 Å². The molecule has 120 valence electrons. The summed E-state index contributed by atoms with van der Waals surface area (Å²) in [6, 6.07) is 12.7. The Balaban J connectivity index is 2.06. The van der Waals surface area contributed by atoms with Crippen LogP contribution < -0.4 is 0 Å². The molecule has 1 unspecified atom stereocenters. The van der Waals surface area contributed by atoms with Gasteiger partial charge in [0.1, 0.15) is 5.65 Å². The maximum absolute atomic E-state index is 10.5. The van der Waals surface area contributed by atoms with E-state index in [1.807, 2.05) is 23.6 Å². The van der Waals surface area contributed by atoms with Crippen LogP contribution in [-0.4, -0.2) is 14.5 Å². The largest absolute Gasteiger partial charge is 0.387 e. The number of aromatic nitrogens is 2. The first-order valence-corrected chi connectivity index (χ1v) is 8.36.